The summed E-state index contributed by atoms with van der Waals surface area (Å²) in [5.41, 5.74) is 0.772. The fraction of sp³-hybridized carbons (Fsp3) is 0.630. The lowest BCUT2D eigenvalue weighted by Gasteiger charge is -2.44. The van der Waals surface area contributed by atoms with Gasteiger partial charge in [0.15, 0.2) is 0 Å². The minimum Gasteiger partial charge on any atom is -0.468 e. The van der Waals surface area contributed by atoms with Crippen LogP contribution in [0.2, 0.25) is 0 Å². The largest absolute Gasteiger partial charge is 0.468 e. The molecule has 0 saturated carbocycles. The van der Waals surface area contributed by atoms with E-state index in [2.05, 4.69) is 15.4 Å². The van der Waals surface area contributed by atoms with Gasteiger partial charge in [-0.2, -0.15) is 0 Å². The van der Waals surface area contributed by atoms with E-state index in [4.69, 9.17) is 4.74 Å². The number of esters is 1. The highest BCUT2D eigenvalue weighted by atomic mass is 16.6. The second kappa shape index (κ2) is 12.2. The highest BCUT2D eigenvalue weighted by Crippen LogP contribution is 2.33. The van der Waals surface area contributed by atoms with Gasteiger partial charge in [0.2, 0.25) is 11.8 Å². The molecule has 2 atom stereocenters. The molecule has 0 radical (unpaired) electrons. The predicted octanol–water partition coefficient (Wildman–Crippen LogP) is 3.81. The highest BCUT2D eigenvalue weighted by Gasteiger charge is 2.43. The van der Waals surface area contributed by atoms with E-state index in [1.54, 1.807) is 20.8 Å². The van der Waals surface area contributed by atoms with Crippen LogP contribution in [0, 0.1) is 19.8 Å². The molecule has 36 heavy (non-hydrogen) atoms. The molecule has 2 N–H and O–H groups in total. The summed E-state index contributed by atoms with van der Waals surface area (Å²) in [7, 11) is 1.23. The standard InChI is InChI=1S/C27H43N3O6/c1-16(2)21(29-25(34)36-27(8,9)10)24(33)30(26(5,6)7)22(23(32)28-15-20(31)35-11)19-14-17(3)12-13-18(19)4/h12-14,16,21-22H,15H2,1-11H3,(H,28,32)(H,29,34). The number of carbonyl (C=O) groups is 4. The Balaban J connectivity index is 3.62. The molecular weight excluding hydrogens is 462 g/mol. The van der Waals surface area contributed by atoms with Crippen molar-refractivity contribution in [3.05, 3.63) is 34.9 Å². The molecule has 0 fully saturated rings. The van der Waals surface area contributed by atoms with Gasteiger partial charge in [-0.1, -0.05) is 37.6 Å². The van der Waals surface area contributed by atoms with Crippen LogP contribution in [0.4, 0.5) is 4.79 Å². The number of hydrogen-bond acceptors (Lipinski definition) is 6. The number of rotatable bonds is 8. The molecule has 0 bridgehead atoms. The van der Waals surface area contributed by atoms with Gasteiger partial charge in [-0.15, -0.1) is 0 Å². The summed E-state index contributed by atoms with van der Waals surface area (Å²) in [5.74, 6) is -1.88. The maximum absolute atomic E-state index is 14.1. The van der Waals surface area contributed by atoms with Crippen molar-refractivity contribution < 1.29 is 28.7 Å². The third kappa shape index (κ3) is 8.84. The predicted molar refractivity (Wildman–Crippen MR) is 138 cm³/mol. The first kappa shape index (κ1) is 30.9. The number of carbonyl (C=O) groups excluding carboxylic acids is 4. The second-order valence-corrected chi connectivity index (χ2v) is 11.3. The van der Waals surface area contributed by atoms with E-state index in [9.17, 15) is 19.2 Å². The quantitative estimate of drug-likeness (QED) is 0.520. The molecule has 0 saturated heterocycles. The number of nitrogens with one attached hydrogen (secondary N) is 2. The summed E-state index contributed by atoms with van der Waals surface area (Å²) < 4.78 is 10.0. The van der Waals surface area contributed by atoms with Crippen LogP contribution in [-0.4, -0.2) is 59.6 Å². The molecule has 0 aliphatic heterocycles. The van der Waals surface area contributed by atoms with Crippen molar-refractivity contribution in [2.45, 2.75) is 92.5 Å². The summed E-state index contributed by atoms with van der Waals surface area (Å²) in [6, 6.07) is 3.64. The lowest BCUT2D eigenvalue weighted by molar-refractivity contribution is -0.150. The van der Waals surface area contributed by atoms with Crippen LogP contribution in [0.5, 0.6) is 0 Å². The van der Waals surface area contributed by atoms with E-state index >= 15 is 0 Å². The zero-order chi connectivity index (χ0) is 28.0. The SMILES string of the molecule is COC(=O)CNC(=O)C(c1cc(C)ccc1C)N(C(=O)C(NC(=O)OC(C)(C)C)C(C)C)C(C)(C)C. The van der Waals surface area contributed by atoms with Crippen LogP contribution >= 0.6 is 0 Å². The number of nitrogens with zero attached hydrogens (tertiary/aromatic N) is 1. The van der Waals surface area contributed by atoms with Gasteiger partial charge in [-0.05, 0) is 72.4 Å². The summed E-state index contributed by atoms with van der Waals surface area (Å²) in [6.45, 7) is 17.7. The van der Waals surface area contributed by atoms with Gasteiger partial charge in [0.1, 0.15) is 24.2 Å². The summed E-state index contributed by atoms with van der Waals surface area (Å²) in [5, 5.41) is 5.30. The van der Waals surface area contributed by atoms with Crippen molar-refractivity contribution in [1.29, 1.82) is 0 Å². The van der Waals surface area contributed by atoms with E-state index in [0.29, 0.717) is 5.56 Å². The molecular formula is C27H43N3O6. The molecule has 1 rings (SSSR count). The third-order valence-electron chi connectivity index (χ3n) is 5.44. The molecule has 0 spiro atoms. The monoisotopic (exact) mass is 505 g/mol. The van der Waals surface area contributed by atoms with Crippen molar-refractivity contribution in [2.24, 2.45) is 5.92 Å². The van der Waals surface area contributed by atoms with E-state index in [-0.39, 0.29) is 12.5 Å². The summed E-state index contributed by atoms with van der Waals surface area (Å²) in [6.07, 6.45) is -0.721. The van der Waals surface area contributed by atoms with Crippen LogP contribution < -0.4 is 10.6 Å². The Labute approximate surface area is 215 Å². The van der Waals surface area contributed by atoms with Gasteiger partial charge in [0, 0.05) is 5.54 Å². The Kier molecular flexibility index (Phi) is 10.5. The average molecular weight is 506 g/mol. The molecule has 9 nitrogen and oxygen atoms in total. The van der Waals surface area contributed by atoms with Gasteiger partial charge in [0.25, 0.3) is 0 Å². The summed E-state index contributed by atoms with van der Waals surface area (Å²) in [4.78, 5) is 53.5. The zero-order valence-electron chi connectivity index (χ0n) is 23.6. The van der Waals surface area contributed by atoms with Crippen LogP contribution in [0.1, 0.15) is 78.1 Å². The Morgan fingerprint density at radius 1 is 1.00 bits per heavy atom. The van der Waals surface area contributed by atoms with Gasteiger partial charge in [0.05, 0.1) is 7.11 Å². The van der Waals surface area contributed by atoms with Gasteiger partial charge >= 0.3 is 12.1 Å². The number of hydrogen-bond donors (Lipinski definition) is 2. The molecule has 0 aromatic heterocycles. The number of benzene rings is 1. The lowest BCUT2D eigenvalue weighted by Crippen LogP contribution is -2.60. The Morgan fingerprint density at radius 2 is 1.58 bits per heavy atom. The minimum absolute atomic E-state index is 0.299. The van der Waals surface area contributed by atoms with Crippen molar-refractivity contribution in [3.8, 4) is 0 Å². The van der Waals surface area contributed by atoms with Gasteiger partial charge in [-0.25, -0.2) is 4.79 Å². The highest BCUT2D eigenvalue weighted by molar-refractivity contribution is 5.94. The molecule has 202 valence electrons. The Bertz CT molecular complexity index is 959. The van der Waals surface area contributed by atoms with E-state index in [1.807, 2.05) is 66.7 Å². The first-order valence-electron chi connectivity index (χ1n) is 12.1. The average Bonchev–Trinajstić information content (AvgIpc) is 2.72. The first-order chi connectivity index (χ1) is 16.4. The van der Waals surface area contributed by atoms with Crippen LogP contribution in [0.25, 0.3) is 0 Å². The molecule has 9 heteroatoms. The Morgan fingerprint density at radius 3 is 2.06 bits per heavy atom. The first-order valence-corrected chi connectivity index (χ1v) is 12.1. The molecule has 3 amide bonds. The maximum Gasteiger partial charge on any atom is 0.408 e. The van der Waals surface area contributed by atoms with E-state index in [0.717, 1.165) is 11.1 Å². The smallest absolute Gasteiger partial charge is 0.408 e. The number of aryl methyl sites for hydroxylation is 2. The fourth-order valence-electron chi connectivity index (χ4n) is 3.72. The van der Waals surface area contributed by atoms with E-state index < -0.39 is 47.1 Å². The minimum atomic E-state index is -1.07. The number of amides is 3. The zero-order valence-corrected chi connectivity index (χ0v) is 23.6. The fourth-order valence-corrected chi connectivity index (χ4v) is 3.72. The second-order valence-electron chi connectivity index (χ2n) is 11.3. The van der Waals surface area contributed by atoms with Crippen LogP contribution in [0.15, 0.2) is 18.2 Å². The van der Waals surface area contributed by atoms with E-state index in [1.165, 1.54) is 12.0 Å². The van der Waals surface area contributed by atoms with Crippen molar-refractivity contribution >= 4 is 23.9 Å². The molecule has 1 aromatic carbocycles. The maximum atomic E-state index is 14.1. The number of ether oxygens (including phenoxy) is 2. The molecule has 0 aliphatic carbocycles. The van der Waals surface area contributed by atoms with Crippen molar-refractivity contribution in [2.75, 3.05) is 13.7 Å². The molecule has 0 heterocycles. The summed E-state index contributed by atoms with van der Waals surface area (Å²) >= 11 is 0. The van der Waals surface area contributed by atoms with Crippen LogP contribution in [0.3, 0.4) is 0 Å². The van der Waals surface area contributed by atoms with Crippen LogP contribution in [-0.2, 0) is 23.9 Å². The van der Waals surface area contributed by atoms with Crippen molar-refractivity contribution in [1.82, 2.24) is 15.5 Å². The Hall–Kier alpha value is -3.10. The molecule has 0 aliphatic rings. The van der Waals surface area contributed by atoms with Crippen molar-refractivity contribution in [3.63, 3.8) is 0 Å². The molecule has 1 aromatic rings. The molecule has 2 unspecified atom stereocenters. The topological polar surface area (TPSA) is 114 Å². The normalized spacial score (nSPS) is 13.4. The lowest BCUT2D eigenvalue weighted by atomic mass is 9.90. The number of methoxy groups -OCH3 is 1. The van der Waals surface area contributed by atoms with Gasteiger partial charge < -0.3 is 25.0 Å². The number of alkyl carbamates (subject to hydrolysis) is 1. The third-order valence-corrected chi connectivity index (χ3v) is 5.44. The van der Waals surface area contributed by atoms with Gasteiger partial charge in [-0.3, -0.25) is 14.4 Å².